The summed E-state index contributed by atoms with van der Waals surface area (Å²) in [6.45, 7) is 32.8. The van der Waals surface area contributed by atoms with Crippen molar-refractivity contribution in [1.82, 2.24) is 0 Å². The Balaban J connectivity index is 1.18. The van der Waals surface area contributed by atoms with Crippen molar-refractivity contribution in [2.45, 2.75) is 119 Å². The summed E-state index contributed by atoms with van der Waals surface area (Å²) in [4.78, 5) is 0. The molecular weight excluding hydrogens is 985 g/mol. The summed E-state index contributed by atoms with van der Waals surface area (Å²) in [6, 6.07) is 75.9. The summed E-state index contributed by atoms with van der Waals surface area (Å²) in [5, 5.41) is 21.0. The summed E-state index contributed by atoms with van der Waals surface area (Å²) >= 11 is 0. The van der Waals surface area contributed by atoms with Crippen molar-refractivity contribution in [3.05, 3.63) is 228 Å². The maximum Gasteiger partial charge on any atom is -0.000719 e. The fraction of sp³-hybridized carbons (Fsp3) is 0.220. The molecule has 0 nitrogen and oxygen atoms in total. The van der Waals surface area contributed by atoms with Crippen LogP contribution in [0.25, 0.3) is 142 Å². The molecule has 0 aliphatic carbocycles. The van der Waals surface area contributed by atoms with Gasteiger partial charge in [-0.05, 0) is 229 Å². The Morgan fingerprint density at radius 2 is 0.585 bits per heavy atom. The highest BCUT2D eigenvalue weighted by Crippen LogP contribution is 2.56. The highest BCUT2D eigenvalue weighted by Gasteiger charge is 2.30. The molecule has 0 N–H and O–H groups in total. The van der Waals surface area contributed by atoms with Gasteiger partial charge in [-0.3, -0.25) is 0 Å². The van der Waals surface area contributed by atoms with E-state index in [1.165, 1.54) is 175 Å². The van der Waals surface area contributed by atoms with Gasteiger partial charge in [-0.15, -0.1) is 0 Å². The van der Waals surface area contributed by atoms with Crippen molar-refractivity contribution < 1.29 is 0 Å². The van der Waals surface area contributed by atoms with Crippen molar-refractivity contribution in [1.29, 1.82) is 0 Å². The minimum atomic E-state index is -0.0396. The third-order valence-electron chi connectivity index (χ3n) is 18.6. The fourth-order valence-corrected chi connectivity index (χ4v) is 14.2. The lowest BCUT2D eigenvalue weighted by Gasteiger charge is -2.27. The molecule has 0 heterocycles. The van der Waals surface area contributed by atoms with Gasteiger partial charge in [-0.25, -0.2) is 0 Å². The van der Waals surface area contributed by atoms with Crippen molar-refractivity contribution in [3.63, 3.8) is 0 Å². The normalized spacial score (nSPS) is 13.0. The number of rotatable bonds is 5. The lowest BCUT2D eigenvalue weighted by molar-refractivity contribution is 0.568. The van der Waals surface area contributed by atoms with E-state index in [1.54, 1.807) is 0 Å². The first-order chi connectivity index (χ1) is 39.0. The van der Waals surface area contributed by atoms with E-state index in [0.717, 1.165) is 0 Å². The van der Waals surface area contributed by atoms with Crippen LogP contribution in [0.1, 0.15) is 116 Å². The quantitative estimate of drug-likeness (QED) is 0.151. The Hall–Kier alpha value is -8.32. The third kappa shape index (κ3) is 7.99. The standard InChI is InChI=1S/C82H74/c1-47-24-21-25-48(2)70(47)51-34-35-62-67(42-51)72(50-28-19-16-20-29-50)77-64-33-23-31-61-65-45-68-73-60(66(65)46-69(74(61)64)78(77)71(62)49-26-17-15-18-27-49)30-22-32-63(73)75-58(52-38-54(79(3,4)5)43-55(39-52)80(6,7)8)36-37-59(76(68)75)53-40-56(81(9,10)11)44-57(41-53)82(12,13)14/h15-46H,1-14H3. The smallest absolute Gasteiger partial charge is 0.000719 e. The molecule has 14 aromatic carbocycles. The van der Waals surface area contributed by atoms with Gasteiger partial charge in [0.25, 0.3) is 0 Å². The van der Waals surface area contributed by atoms with Crippen LogP contribution >= 0.6 is 0 Å². The molecule has 0 aliphatic heterocycles. The third-order valence-corrected chi connectivity index (χ3v) is 18.6. The number of aryl methyl sites for hydroxylation is 2. The first-order valence-electron chi connectivity index (χ1n) is 29.8. The van der Waals surface area contributed by atoms with Crippen LogP contribution in [-0.2, 0) is 21.7 Å². The zero-order chi connectivity index (χ0) is 57.1. The SMILES string of the molecule is Cc1cccc(C)c1-c1ccc2c(-c3ccccc3)c3c4cc5c(cc6c7c(-c8cc(C(C)(C)C)cc(C(C)(C)C)c8)ccc(-c8cc(C(C)(C)C)cc(C(C)(C)C)c8)c7c7cccc5c76)c5cccc(c3c(-c3ccccc3)c2c1)c54. The van der Waals surface area contributed by atoms with Crippen LogP contribution < -0.4 is 0 Å². The zero-order valence-corrected chi connectivity index (χ0v) is 50.5. The Morgan fingerprint density at radius 3 is 1.04 bits per heavy atom. The molecule has 0 fully saturated rings. The molecule has 82 heavy (non-hydrogen) atoms. The maximum atomic E-state index is 2.61. The van der Waals surface area contributed by atoms with E-state index in [4.69, 9.17) is 0 Å². The van der Waals surface area contributed by atoms with Crippen molar-refractivity contribution in [2.24, 2.45) is 0 Å². The van der Waals surface area contributed by atoms with Gasteiger partial charge < -0.3 is 0 Å². The molecule has 0 radical (unpaired) electrons. The summed E-state index contributed by atoms with van der Waals surface area (Å²) in [5.74, 6) is 0. The first-order valence-corrected chi connectivity index (χ1v) is 29.8. The van der Waals surface area contributed by atoms with Gasteiger partial charge in [0.1, 0.15) is 0 Å². The van der Waals surface area contributed by atoms with Gasteiger partial charge in [-0.2, -0.15) is 0 Å². The number of hydrogen-bond acceptors (Lipinski definition) is 0. The molecule has 0 aromatic heterocycles. The predicted molar refractivity (Wildman–Crippen MR) is 360 cm³/mol. The molecule has 402 valence electrons. The van der Waals surface area contributed by atoms with Crippen LogP contribution in [0.3, 0.4) is 0 Å². The van der Waals surface area contributed by atoms with Gasteiger partial charge in [0.15, 0.2) is 0 Å². The Labute approximate surface area is 485 Å². The Kier molecular flexibility index (Phi) is 11.4. The Bertz CT molecular complexity index is 4830. The van der Waals surface area contributed by atoms with Gasteiger partial charge in [-0.1, -0.05) is 259 Å². The number of fused-ring (bicyclic) bond motifs is 10. The molecule has 0 atom stereocenters. The fourth-order valence-electron chi connectivity index (χ4n) is 14.2. The molecule has 0 saturated heterocycles. The van der Waals surface area contributed by atoms with Crippen LogP contribution in [0.2, 0.25) is 0 Å². The van der Waals surface area contributed by atoms with E-state index in [1.807, 2.05) is 0 Å². The van der Waals surface area contributed by atoms with Crippen LogP contribution in [0.15, 0.2) is 194 Å². The largest absolute Gasteiger partial charge is 0.0622 e. The minimum absolute atomic E-state index is 0.0321. The monoisotopic (exact) mass is 1060 g/mol. The molecule has 0 spiro atoms. The maximum absolute atomic E-state index is 2.61. The molecule has 0 amide bonds. The van der Waals surface area contributed by atoms with Crippen LogP contribution in [0.4, 0.5) is 0 Å². The Morgan fingerprint density at radius 1 is 0.207 bits per heavy atom. The van der Waals surface area contributed by atoms with Gasteiger partial charge >= 0.3 is 0 Å². The van der Waals surface area contributed by atoms with Crippen LogP contribution in [0.5, 0.6) is 0 Å². The first kappa shape index (κ1) is 51.8. The summed E-state index contributed by atoms with van der Waals surface area (Å²) in [7, 11) is 0. The highest BCUT2D eigenvalue weighted by molar-refractivity contribution is 6.46. The van der Waals surface area contributed by atoms with E-state index >= 15 is 0 Å². The molecule has 14 aromatic rings. The van der Waals surface area contributed by atoms with Gasteiger partial charge in [0, 0.05) is 0 Å². The lowest BCUT2D eigenvalue weighted by Crippen LogP contribution is -2.16. The number of benzene rings is 12. The molecule has 14 rings (SSSR count). The highest BCUT2D eigenvalue weighted by atomic mass is 14.3. The topological polar surface area (TPSA) is 0 Å². The zero-order valence-electron chi connectivity index (χ0n) is 50.5. The van der Waals surface area contributed by atoms with E-state index in [2.05, 4.69) is 291 Å². The molecule has 0 aliphatic rings. The minimum Gasteiger partial charge on any atom is -0.0622 e. The van der Waals surface area contributed by atoms with Crippen molar-refractivity contribution in [2.75, 3.05) is 0 Å². The second-order valence-corrected chi connectivity index (χ2v) is 28.2. The second-order valence-electron chi connectivity index (χ2n) is 28.2. The van der Waals surface area contributed by atoms with Crippen LogP contribution in [-0.4, -0.2) is 0 Å². The van der Waals surface area contributed by atoms with Crippen LogP contribution in [0, 0.1) is 13.8 Å². The molecule has 0 bridgehead atoms. The van der Waals surface area contributed by atoms with Crippen molar-refractivity contribution >= 4 is 86.2 Å². The summed E-state index contributed by atoms with van der Waals surface area (Å²) in [5.41, 5.74) is 20.7. The average molecular weight is 1060 g/mol. The number of hydrogen-bond donors (Lipinski definition) is 0. The lowest BCUT2D eigenvalue weighted by atomic mass is 9.77. The van der Waals surface area contributed by atoms with E-state index in [0.29, 0.717) is 0 Å². The molecule has 0 heteroatoms. The summed E-state index contributed by atoms with van der Waals surface area (Å²) in [6.07, 6.45) is 0. The molecular formula is C82H74. The second kappa shape index (κ2) is 18.1. The average Bonchev–Trinajstić information content (AvgIpc) is 1.93. The van der Waals surface area contributed by atoms with Gasteiger partial charge in [0.2, 0.25) is 0 Å². The van der Waals surface area contributed by atoms with Crippen molar-refractivity contribution in [3.8, 4) is 55.6 Å². The van der Waals surface area contributed by atoms with Gasteiger partial charge in [0.05, 0.1) is 0 Å². The molecule has 0 saturated carbocycles. The van der Waals surface area contributed by atoms with E-state index in [-0.39, 0.29) is 21.7 Å². The summed E-state index contributed by atoms with van der Waals surface area (Å²) < 4.78 is 0. The van der Waals surface area contributed by atoms with E-state index < -0.39 is 0 Å². The van der Waals surface area contributed by atoms with E-state index in [9.17, 15) is 0 Å². The molecule has 0 unspecified atom stereocenters. The predicted octanol–water partition coefficient (Wildman–Crippen LogP) is 23.9.